The number of hydrogen-bond acceptors (Lipinski definition) is 6. The molecule has 0 bridgehead atoms. The van der Waals surface area contributed by atoms with Crippen LogP contribution in [-0.2, 0) is 0 Å². The Morgan fingerprint density at radius 2 is 1.82 bits per heavy atom. The third-order valence-corrected chi connectivity index (χ3v) is 4.45. The van der Waals surface area contributed by atoms with E-state index in [4.69, 9.17) is 10.4 Å². The molecule has 0 saturated heterocycles. The maximum absolute atomic E-state index is 9.80. The zero-order valence-corrected chi connectivity index (χ0v) is 15.3. The fraction of sp³-hybridized carbons (Fsp3) is 0.0455. The van der Waals surface area contributed by atoms with Gasteiger partial charge in [0, 0.05) is 41.2 Å². The Morgan fingerprint density at radius 1 is 0.964 bits per heavy atom. The molecule has 1 heterocycles. The number of phenolic OH excluding ortho intramolecular Hbond substituents is 1. The van der Waals surface area contributed by atoms with Gasteiger partial charge in [0.1, 0.15) is 11.6 Å². The lowest BCUT2D eigenvalue weighted by Crippen LogP contribution is -2.01. The van der Waals surface area contributed by atoms with Gasteiger partial charge < -0.3 is 21.1 Å². The molecule has 4 aromatic rings. The molecule has 3 aromatic carbocycles. The van der Waals surface area contributed by atoms with Crippen molar-refractivity contribution < 1.29 is 5.11 Å². The van der Waals surface area contributed by atoms with Gasteiger partial charge in [-0.15, -0.1) is 0 Å². The molecule has 0 amide bonds. The molecule has 0 unspecified atom stereocenters. The van der Waals surface area contributed by atoms with Gasteiger partial charge in [-0.2, -0.15) is 0 Å². The van der Waals surface area contributed by atoms with Crippen molar-refractivity contribution in [2.24, 2.45) is 0 Å². The summed E-state index contributed by atoms with van der Waals surface area (Å²) in [5.41, 5.74) is 4.02. The average Bonchev–Trinajstić information content (AvgIpc) is 2.73. The van der Waals surface area contributed by atoms with Gasteiger partial charge in [-0.05, 0) is 42.5 Å². The number of nitrogens with zero attached hydrogens (tertiary/aromatic N) is 2. The summed E-state index contributed by atoms with van der Waals surface area (Å²) in [7, 11) is 1.83. The van der Waals surface area contributed by atoms with E-state index in [9.17, 15) is 5.11 Å². The van der Waals surface area contributed by atoms with Crippen LogP contribution in [0.5, 0.6) is 5.75 Å². The van der Waals surface area contributed by atoms with Crippen LogP contribution >= 0.6 is 0 Å². The molecular weight excluding hydrogens is 350 g/mol. The Bertz CT molecular complexity index is 1170. The van der Waals surface area contributed by atoms with Crippen molar-refractivity contribution in [3.05, 3.63) is 72.3 Å². The van der Waals surface area contributed by atoms with Crippen LogP contribution in [-0.4, -0.2) is 28.3 Å². The van der Waals surface area contributed by atoms with E-state index in [0.717, 1.165) is 33.4 Å². The number of anilines is 3. The summed E-state index contributed by atoms with van der Waals surface area (Å²) in [5, 5.41) is 24.7. The van der Waals surface area contributed by atoms with Gasteiger partial charge >= 0.3 is 0 Å². The number of fused-ring (bicyclic) bond motifs is 1. The normalized spacial score (nSPS) is 10.6. The van der Waals surface area contributed by atoms with E-state index in [1.165, 1.54) is 6.21 Å². The Balaban J connectivity index is 1.83. The van der Waals surface area contributed by atoms with Crippen molar-refractivity contribution in [3.8, 4) is 17.1 Å². The lowest BCUT2D eigenvalue weighted by Gasteiger charge is -2.13. The number of nitrogens with one attached hydrogen (secondary N) is 3. The summed E-state index contributed by atoms with van der Waals surface area (Å²) in [5.74, 6) is 1.36. The Kier molecular flexibility index (Phi) is 4.60. The first-order valence-corrected chi connectivity index (χ1v) is 8.83. The summed E-state index contributed by atoms with van der Waals surface area (Å²) in [6.07, 6.45) is 1.31. The second-order valence-corrected chi connectivity index (χ2v) is 6.28. The standard InChI is InChI=1S/C22H19N5O/c1-24-19-10-9-16(11-15(19)13-23)25-22-18-7-2-3-8-20(18)26-21(27-22)14-5-4-6-17(28)12-14/h2-13,23-24,28H,1H3,(H,25,26,27). The van der Waals surface area contributed by atoms with Crippen molar-refractivity contribution in [2.75, 3.05) is 17.7 Å². The third kappa shape index (κ3) is 3.35. The van der Waals surface area contributed by atoms with Crippen molar-refractivity contribution in [1.82, 2.24) is 9.97 Å². The van der Waals surface area contributed by atoms with Crippen LogP contribution in [0.4, 0.5) is 17.2 Å². The van der Waals surface area contributed by atoms with Gasteiger partial charge in [0.15, 0.2) is 5.82 Å². The van der Waals surface area contributed by atoms with Crippen LogP contribution in [0.25, 0.3) is 22.3 Å². The smallest absolute Gasteiger partial charge is 0.162 e. The highest BCUT2D eigenvalue weighted by molar-refractivity contribution is 5.93. The van der Waals surface area contributed by atoms with E-state index < -0.39 is 0 Å². The molecule has 0 aliphatic heterocycles. The van der Waals surface area contributed by atoms with Crippen LogP contribution in [0.3, 0.4) is 0 Å². The van der Waals surface area contributed by atoms with Gasteiger partial charge in [-0.1, -0.05) is 24.3 Å². The topological polar surface area (TPSA) is 93.9 Å². The number of aromatic nitrogens is 2. The maximum atomic E-state index is 9.80. The van der Waals surface area contributed by atoms with Gasteiger partial charge in [-0.25, -0.2) is 9.97 Å². The molecule has 138 valence electrons. The molecule has 0 fully saturated rings. The first-order chi connectivity index (χ1) is 13.7. The number of phenols is 1. The molecule has 0 aliphatic carbocycles. The first kappa shape index (κ1) is 17.5. The Labute approximate surface area is 162 Å². The molecule has 6 heteroatoms. The van der Waals surface area contributed by atoms with E-state index >= 15 is 0 Å². The zero-order valence-electron chi connectivity index (χ0n) is 15.3. The van der Waals surface area contributed by atoms with Crippen LogP contribution < -0.4 is 10.6 Å². The number of benzene rings is 3. The SMILES string of the molecule is CNc1ccc(Nc2nc(-c3cccc(O)c3)nc3ccccc23)cc1C=N. The Hall–Kier alpha value is -3.93. The molecule has 0 saturated carbocycles. The quantitative estimate of drug-likeness (QED) is 0.380. The number of aromatic hydroxyl groups is 1. The average molecular weight is 369 g/mol. The van der Waals surface area contributed by atoms with Crippen molar-refractivity contribution in [3.63, 3.8) is 0 Å². The second kappa shape index (κ2) is 7.36. The predicted octanol–water partition coefficient (Wildman–Crippen LogP) is 4.79. The van der Waals surface area contributed by atoms with Crippen LogP contribution in [0.15, 0.2) is 66.7 Å². The number of para-hydroxylation sites is 1. The minimum absolute atomic E-state index is 0.169. The lowest BCUT2D eigenvalue weighted by molar-refractivity contribution is 0.475. The Morgan fingerprint density at radius 3 is 2.61 bits per heavy atom. The molecular formula is C22H19N5O. The second-order valence-electron chi connectivity index (χ2n) is 6.28. The van der Waals surface area contributed by atoms with Crippen LogP contribution in [0.2, 0.25) is 0 Å². The maximum Gasteiger partial charge on any atom is 0.162 e. The molecule has 4 rings (SSSR count). The number of hydrogen-bond donors (Lipinski definition) is 4. The summed E-state index contributed by atoms with van der Waals surface area (Å²) in [6, 6.07) is 20.4. The van der Waals surface area contributed by atoms with E-state index in [1.807, 2.05) is 55.6 Å². The first-order valence-electron chi connectivity index (χ1n) is 8.83. The van der Waals surface area contributed by atoms with Crippen LogP contribution in [0, 0.1) is 5.41 Å². The predicted molar refractivity (Wildman–Crippen MR) is 114 cm³/mol. The summed E-state index contributed by atoms with van der Waals surface area (Å²) in [4.78, 5) is 9.34. The van der Waals surface area contributed by atoms with Crippen molar-refractivity contribution in [1.29, 1.82) is 5.41 Å². The fourth-order valence-electron chi connectivity index (χ4n) is 3.07. The molecule has 4 N–H and O–H groups in total. The summed E-state index contributed by atoms with van der Waals surface area (Å²) in [6.45, 7) is 0. The third-order valence-electron chi connectivity index (χ3n) is 4.45. The zero-order chi connectivity index (χ0) is 19.5. The molecule has 6 nitrogen and oxygen atoms in total. The van der Waals surface area contributed by atoms with E-state index in [1.54, 1.807) is 18.2 Å². The molecule has 0 aliphatic rings. The van der Waals surface area contributed by atoms with Crippen molar-refractivity contribution in [2.45, 2.75) is 0 Å². The van der Waals surface area contributed by atoms with Gasteiger partial charge in [0.2, 0.25) is 0 Å². The van der Waals surface area contributed by atoms with E-state index in [0.29, 0.717) is 11.6 Å². The van der Waals surface area contributed by atoms with Gasteiger partial charge in [0.25, 0.3) is 0 Å². The summed E-state index contributed by atoms with van der Waals surface area (Å²) >= 11 is 0. The number of rotatable bonds is 5. The largest absolute Gasteiger partial charge is 0.508 e. The minimum Gasteiger partial charge on any atom is -0.508 e. The van der Waals surface area contributed by atoms with Gasteiger partial charge in [-0.3, -0.25) is 0 Å². The highest BCUT2D eigenvalue weighted by atomic mass is 16.3. The van der Waals surface area contributed by atoms with E-state index in [-0.39, 0.29) is 5.75 Å². The molecule has 28 heavy (non-hydrogen) atoms. The molecule has 0 spiro atoms. The van der Waals surface area contributed by atoms with Gasteiger partial charge in [0.05, 0.1) is 5.52 Å². The minimum atomic E-state index is 0.169. The highest BCUT2D eigenvalue weighted by Crippen LogP contribution is 2.29. The fourth-order valence-corrected chi connectivity index (χ4v) is 3.07. The monoisotopic (exact) mass is 369 g/mol. The lowest BCUT2D eigenvalue weighted by atomic mass is 10.1. The molecule has 0 atom stereocenters. The van der Waals surface area contributed by atoms with Crippen molar-refractivity contribution >= 4 is 34.3 Å². The highest BCUT2D eigenvalue weighted by Gasteiger charge is 2.11. The molecule has 1 aromatic heterocycles. The molecule has 0 radical (unpaired) electrons. The van der Waals surface area contributed by atoms with E-state index in [2.05, 4.69) is 15.6 Å². The summed E-state index contributed by atoms with van der Waals surface area (Å²) < 4.78 is 0. The van der Waals surface area contributed by atoms with Crippen LogP contribution in [0.1, 0.15) is 5.56 Å².